The largest absolute Gasteiger partial charge is 0.491 e. The summed E-state index contributed by atoms with van der Waals surface area (Å²) in [6.07, 6.45) is 0.779. The van der Waals surface area contributed by atoms with Crippen molar-refractivity contribution in [3.8, 4) is 5.75 Å². The smallest absolute Gasteiger partial charge is 0.191 e. The molecule has 0 N–H and O–H groups in total. The molecule has 0 radical (unpaired) electrons. The van der Waals surface area contributed by atoms with Crippen LogP contribution in [0.2, 0.25) is 5.02 Å². The third kappa shape index (κ3) is 4.30. The molecule has 24 heavy (non-hydrogen) atoms. The zero-order chi connectivity index (χ0) is 16.8. The van der Waals surface area contributed by atoms with Crippen LogP contribution in [0.25, 0.3) is 0 Å². The second-order valence-electron chi connectivity index (χ2n) is 5.25. The second kappa shape index (κ2) is 8.22. The number of aromatic nitrogens is 3. The molecule has 0 amide bonds. The maximum Gasteiger partial charge on any atom is 0.191 e. The summed E-state index contributed by atoms with van der Waals surface area (Å²) in [5.74, 6) is 2.45. The lowest BCUT2D eigenvalue weighted by Gasteiger charge is -2.07. The Morgan fingerprint density at radius 1 is 1.04 bits per heavy atom. The molecule has 0 unspecified atom stereocenters. The summed E-state index contributed by atoms with van der Waals surface area (Å²) in [5.41, 5.74) is 1.23. The Labute approximate surface area is 150 Å². The van der Waals surface area contributed by atoms with Crippen LogP contribution >= 0.6 is 23.4 Å². The Morgan fingerprint density at radius 3 is 2.58 bits per heavy atom. The minimum absolute atomic E-state index is 0.565. The highest BCUT2D eigenvalue weighted by Gasteiger charge is 2.10. The van der Waals surface area contributed by atoms with E-state index in [0.29, 0.717) is 17.4 Å². The molecule has 0 fully saturated rings. The van der Waals surface area contributed by atoms with Crippen molar-refractivity contribution in [2.75, 3.05) is 12.4 Å². The van der Waals surface area contributed by atoms with Gasteiger partial charge in [-0.15, -0.1) is 10.2 Å². The predicted octanol–water partition coefficient (Wildman–Crippen LogP) is 4.23. The summed E-state index contributed by atoms with van der Waals surface area (Å²) in [6, 6.07) is 17.8. The van der Waals surface area contributed by atoms with Gasteiger partial charge in [0.25, 0.3) is 0 Å². The van der Waals surface area contributed by atoms with Gasteiger partial charge in [-0.25, -0.2) is 0 Å². The lowest BCUT2D eigenvalue weighted by molar-refractivity contribution is 0.344. The minimum Gasteiger partial charge on any atom is -0.491 e. The number of hydrogen-bond acceptors (Lipinski definition) is 4. The van der Waals surface area contributed by atoms with E-state index in [4.69, 9.17) is 16.3 Å². The zero-order valence-corrected chi connectivity index (χ0v) is 14.9. The first-order chi connectivity index (χ1) is 11.7. The van der Waals surface area contributed by atoms with Gasteiger partial charge in [0.15, 0.2) is 5.16 Å². The third-order valence-electron chi connectivity index (χ3n) is 3.54. The van der Waals surface area contributed by atoms with E-state index in [1.165, 1.54) is 5.56 Å². The molecule has 1 heterocycles. The number of thioether (sulfide) groups is 1. The Balaban J connectivity index is 1.52. The van der Waals surface area contributed by atoms with Gasteiger partial charge in [0.05, 0.1) is 11.6 Å². The van der Waals surface area contributed by atoms with Crippen LogP contribution in [0.5, 0.6) is 5.75 Å². The van der Waals surface area contributed by atoms with Crippen LogP contribution in [-0.4, -0.2) is 27.1 Å². The molecule has 6 heteroatoms. The van der Waals surface area contributed by atoms with Crippen molar-refractivity contribution >= 4 is 23.4 Å². The van der Waals surface area contributed by atoms with Crippen molar-refractivity contribution < 1.29 is 4.74 Å². The van der Waals surface area contributed by atoms with Crippen LogP contribution < -0.4 is 4.74 Å². The number of rotatable bonds is 7. The third-order valence-corrected chi connectivity index (χ3v) is 4.84. The lowest BCUT2D eigenvalue weighted by Crippen LogP contribution is -2.03. The van der Waals surface area contributed by atoms with Crippen molar-refractivity contribution in [2.45, 2.75) is 11.6 Å². The molecule has 0 aliphatic carbocycles. The standard InChI is InChI=1S/C18H18ClN3OS/c1-22-17(13-14-7-3-2-4-8-14)20-21-18(22)24-12-11-23-16-10-6-5-9-15(16)19/h2-10H,11-13H2,1H3. The van der Waals surface area contributed by atoms with E-state index in [1.54, 1.807) is 11.8 Å². The molecule has 0 saturated heterocycles. The van der Waals surface area contributed by atoms with E-state index in [2.05, 4.69) is 22.3 Å². The second-order valence-corrected chi connectivity index (χ2v) is 6.72. The summed E-state index contributed by atoms with van der Waals surface area (Å²) < 4.78 is 7.73. The number of hydrogen-bond donors (Lipinski definition) is 0. The first-order valence-electron chi connectivity index (χ1n) is 7.66. The van der Waals surface area contributed by atoms with Crippen LogP contribution in [0.15, 0.2) is 59.8 Å². The molecule has 4 nitrogen and oxygen atoms in total. The fourth-order valence-electron chi connectivity index (χ4n) is 2.25. The van der Waals surface area contributed by atoms with E-state index in [0.717, 1.165) is 23.2 Å². The Hall–Kier alpha value is -1.98. The van der Waals surface area contributed by atoms with Crippen LogP contribution in [-0.2, 0) is 13.5 Å². The highest BCUT2D eigenvalue weighted by molar-refractivity contribution is 7.99. The van der Waals surface area contributed by atoms with Crippen LogP contribution in [0.4, 0.5) is 0 Å². The van der Waals surface area contributed by atoms with Crippen molar-refractivity contribution in [2.24, 2.45) is 7.05 Å². The van der Waals surface area contributed by atoms with Gasteiger partial charge in [0.1, 0.15) is 11.6 Å². The SMILES string of the molecule is Cn1c(Cc2ccccc2)nnc1SCCOc1ccccc1Cl. The van der Waals surface area contributed by atoms with E-state index >= 15 is 0 Å². The summed E-state index contributed by atoms with van der Waals surface area (Å²) in [5, 5.41) is 10.1. The van der Waals surface area contributed by atoms with E-state index in [1.807, 2.05) is 54.1 Å². The van der Waals surface area contributed by atoms with Gasteiger partial charge in [-0.2, -0.15) is 0 Å². The van der Waals surface area contributed by atoms with Gasteiger partial charge in [0, 0.05) is 19.2 Å². The fourth-order valence-corrected chi connectivity index (χ4v) is 3.19. The average Bonchev–Trinajstić information content (AvgIpc) is 2.94. The molecule has 3 aromatic rings. The Bertz CT molecular complexity index is 792. The maximum atomic E-state index is 6.07. The normalized spacial score (nSPS) is 10.8. The van der Waals surface area contributed by atoms with Gasteiger partial charge < -0.3 is 9.30 Å². The molecule has 0 spiro atoms. The summed E-state index contributed by atoms with van der Waals surface area (Å²) >= 11 is 7.69. The quantitative estimate of drug-likeness (QED) is 0.467. The monoisotopic (exact) mass is 359 g/mol. The van der Waals surface area contributed by atoms with Gasteiger partial charge in [-0.1, -0.05) is 65.8 Å². The summed E-state index contributed by atoms with van der Waals surface area (Å²) in [6.45, 7) is 0.565. The van der Waals surface area contributed by atoms with Crippen molar-refractivity contribution in [3.05, 3.63) is 71.0 Å². The molecule has 0 bridgehead atoms. The number of benzene rings is 2. The highest BCUT2D eigenvalue weighted by atomic mass is 35.5. The minimum atomic E-state index is 0.565. The van der Waals surface area contributed by atoms with E-state index in [-0.39, 0.29) is 0 Å². The molecule has 0 saturated carbocycles. The summed E-state index contributed by atoms with van der Waals surface area (Å²) in [4.78, 5) is 0. The van der Waals surface area contributed by atoms with E-state index < -0.39 is 0 Å². The molecule has 0 atom stereocenters. The fraction of sp³-hybridized carbons (Fsp3) is 0.222. The molecule has 2 aromatic carbocycles. The summed E-state index contributed by atoms with van der Waals surface area (Å²) in [7, 11) is 2.00. The van der Waals surface area contributed by atoms with Crippen LogP contribution in [0.1, 0.15) is 11.4 Å². The first kappa shape index (κ1) is 16.9. The first-order valence-corrected chi connectivity index (χ1v) is 9.02. The van der Waals surface area contributed by atoms with Crippen LogP contribution in [0.3, 0.4) is 0 Å². The van der Waals surface area contributed by atoms with E-state index in [9.17, 15) is 0 Å². The topological polar surface area (TPSA) is 39.9 Å². The molecular formula is C18H18ClN3OS. The van der Waals surface area contributed by atoms with Gasteiger partial charge >= 0.3 is 0 Å². The van der Waals surface area contributed by atoms with Gasteiger partial charge in [0.2, 0.25) is 0 Å². The molecular weight excluding hydrogens is 342 g/mol. The number of halogens is 1. The molecule has 3 rings (SSSR count). The van der Waals surface area contributed by atoms with Gasteiger partial charge in [-0.05, 0) is 17.7 Å². The molecule has 0 aliphatic heterocycles. The highest BCUT2D eigenvalue weighted by Crippen LogP contribution is 2.24. The van der Waals surface area contributed by atoms with Crippen molar-refractivity contribution in [1.82, 2.24) is 14.8 Å². The number of para-hydroxylation sites is 1. The molecule has 124 valence electrons. The maximum absolute atomic E-state index is 6.07. The predicted molar refractivity (Wildman–Crippen MR) is 97.9 cm³/mol. The molecule has 0 aliphatic rings. The van der Waals surface area contributed by atoms with Gasteiger partial charge in [-0.3, -0.25) is 0 Å². The van der Waals surface area contributed by atoms with Crippen molar-refractivity contribution in [1.29, 1.82) is 0 Å². The zero-order valence-electron chi connectivity index (χ0n) is 13.4. The average molecular weight is 360 g/mol. The lowest BCUT2D eigenvalue weighted by atomic mass is 10.1. The van der Waals surface area contributed by atoms with Crippen molar-refractivity contribution in [3.63, 3.8) is 0 Å². The number of nitrogens with zero attached hydrogens (tertiary/aromatic N) is 3. The Morgan fingerprint density at radius 2 is 1.79 bits per heavy atom. The number of ether oxygens (including phenoxy) is 1. The van der Waals surface area contributed by atoms with Crippen LogP contribution in [0, 0.1) is 0 Å². The Kier molecular flexibility index (Phi) is 5.77. The molecule has 1 aromatic heterocycles.